The summed E-state index contributed by atoms with van der Waals surface area (Å²) in [6.07, 6.45) is 15.4. The molecule has 168 valence electrons. The van der Waals surface area contributed by atoms with Gasteiger partial charge in [-0.2, -0.15) is 0 Å². The van der Waals surface area contributed by atoms with Crippen molar-refractivity contribution in [1.29, 1.82) is 0 Å². The Labute approximate surface area is 181 Å². The van der Waals surface area contributed by atoms with Gasteiger partial charge in [0, 0.05) is 0 Å². The molecule has 29 heavy (non-hydrogen) atoms. The fourth-order valence-electron chi connectivity index (χ4n) is 9.62. The first-order valence-electron chi connectivity index (χ1n) is 13.3. The van der Waals surface area contributed by atoms with Crippen molar-refractivity contribution in [3.8, 4) is 0 Å². The van der Waals surface area contributed by atoms with Gasteiger partial charge in [0.15, 0.2) is 0 Å². The zero-order valence-corrected chi connectivity index (χ0v) is 20.4. The highest BCUT2D eigenvalue weighted by Gasteiger charge is 2.61. The van der Waals surface area contributed by atoms with E-state index in [1.165, 1.54) is 64.2 Å². The Morgan fingerprint density at radius 3 is 2.34 bits per heavy atom. The molecule has 0 radical (unpaired) electrons. The highest BCUT2D eigenvalue weighted by Crippen LogP contribution is 2.68. The normalized spacial score (nSPS) is 50.7. The summed E-state index contributed by atoms with van der Waals surface area (Å²) in [5.74, 6) is 6.92. The number of hydrogen-bond donors (Lipinski definition) is 1. The SMILES string of the molecule is CC(C)CCC[C@@H](C)[C@H]1CC[C@H]2[C@@H]3CC[C@H]4C[C@@H](O)[C@@H](C)C[C@]4(C)[C@H]3CC[C@]12C. The molecule has 0 bridgehead atoms. The van der Waals surface area contributed by atoms with E-state index >= 15 is 0 Å². The molecule has 4 saturated carbocycles. The standard InChI is InChI=1S/C28H50O/c1-18(2)8-7-9-19(3)23-12-13-24-22-11-10-21-16-26(29)20(4)17-28(21,6)25(22)14-15-27(23,24)5/h18-26,29H,7-17H2,1-6H3/t19-,20+,21+,22+,23-,24+,25+,26-,27-,28+/m1/s1. The summed E-state index contributed by atoms with van der Waals surface area (Å²) in [6.45, 7) is 15.0. The molecular formula is C28H50O. The van der Waals surface area contributed by atoms with Gasteiger partial charge in [0.05, 0.1) is 6.10 Å². The first-order chi connectivity index (χ1) is 13.7. The maximum absolute atomic E-state index is 10.5. The molecular weight excluding hydrogens is 352 g/mol. The molecule has 1 nitrogen and oxygen atoms in total. The first-order valence-corrected chi connectivity index (χ1v) is 13.3. The van der Waals surface area contributed by atoms with E-state index < -0.39 is 0 Å². The van der Waals surface area contributed by atoms with Crippen molar-refractivity contribution in [3.05, 3.63) is 0 Å². The van der Waals surface area contributed by atoms with Gasteiger partial charge in [-0.05, 0) is 110 Å². The Kier molecular flexibility index (Phi) is 6.22. The summed E-state index contributed by atoms with van der Waals surface area (Å²) in [5.41, 5.74) is 1.12. The Morgan fingerprint density at radius 2 is 1.62 bits per heavy atom. The summed E-state index contributed by atoms with van der Waals surface area (Å²) in [4.78, 5) is 0. The van der Waals surface area contributed by atoms with Gasteiger partial charge in [-0.25, -0.2) is 0 Å². The highest BCUT2D eigenvalue weighted by atomic mass is 16.3. The monoisotopic (exact) mass is 402 g/mol. The van der Waals surface area contributed by atoms with Crippen LogP contribution in [0.4, 0.5) is 0 Å². The van der Waals surface area contributed by atoms with Crippen molar-refractivity contribution in [2.24, 2.45) is 58.2 Å². The lowest BCUT2D eigenvalue weighted by atomic mass is 9.43. The second-order valence-electron chi connectivity index (χ2n) is 13.2. The number of rotatable bonds is 5. The lowest BCUT2D eigenvalue weighted by Crippen LogP contribution is -2.55. The molecule has 10 atom stereocenters. The van der Waals surface area contributed by atoms with Crippen molar-refractivity contribution in [2.75, 3.05) is 0 Å². The van der Waals surface area contributed by atoms with Gasteiger partial charge in [-0.3, -0.25) is 0 Å². The predicted octanol–water partition coefficient (Wildman–Crippen LogP) is 7.71. The predicted molar refractivity (Wildman–Crippen MR) is 124 cm³/mol. The van der Waals surface area contributed by atoms with Gasteiger partial charge < -0.3 is 5.11 Å². The molecule has 0 aromatic rings. The topological polar surface area (TPSA) is 20.2 Å². The van der Waals surface area contributed by atoms with Crippen LogP contribution in [0.25, 0.3) is 0 Å². The Balaban J connectivity index is 1.47. The third-order valence-corrected chi connectivity index (χ3v) is 11.2. The molecule has 4 aliphatic rings. The van der Waals surface area contributed by atoms with Gasteiger partial charge >= 0.3 is 0 Å². The largest absolute Gasteiger partial charge is 0.393 e. The van der Waals surface area contributed by atoms with Crippen LogP contribution in [-0.4, -0.2) is 11.2 Å². The van der Waals surface area contributed by atoms with E-state index in [9.17, 15) is 5.11 Å². The Bertz CT molecular complexity index is 569. The Morgan fingerprint density at radius 1 is 0.897 bits per heavy atom. The van der Waals surface area contributed by atoms with Crippen LogP contribution < -0.4 is 0 Å². The second kappa shape index (κ2) is 8.14. The lowest BCUT2D eigenvalue weighted by Gasteiger charge is -2.62. The molecule has 4 aliphatic carbocycles. The van der Waals surface area contributed by atoms with Gasteiger partial charge in [0.2, 0.25) is 0 Å². The number of aliphatic hydroxyl groups excluding tert-OH is 1. The van der Waals surface area contributed by atoms with E-state index in [2.05, 4.69) is 41.5 Å². The minimum Gasteiger partial charge on any atom is -0.393 e. The fourth-order valence-corrected chi connectivity index (χ4v) is 9.62. The van der Waals surface area contributed by atoms with Crippen LogP contribution in [0.3, 0.4) is 0 Å². The maximum Gasteiger partial charge on any atom is 0.0568 e. The summed E-state index contributed by atoms with van der Waals surface area (Å²) >= 11 is 0. The smallest absolute Gasteiger partial charge is 0.0568 e. The molecule has 0 aromatic carbocycles. The van der Waals surface area contributed by atoms with Crippen LogP contribution in [0.2, 0.25) is 0 Å². The van der Waals surface area contributed by atoms with Gasteiger partial charge in [-0.15, -0.1) is 0 Å². The van der Waals surface area contributed by atoms with E-state index in [4.69, 9.17) is 0 Å². The van der Waals surface area contributed by atoms with Crippen LogP contribution in [0, 0.1) is 58.2 Å². The average molecular weight is 403 g/mol. The third kappa shape index (κ3) is 3.74. The molecule has 0 aromatic heterocycles. The van der Waals surface area contributed by atoms with E-state index in [1.54, 1.807) is 0 Å². The minimum absolute atomic E-state index is 0.0407. The van der Waals surface area contributed by atoms with E-state index in [0.717, 1.165) is 47.8 Å². The quantitative estimate of drug-likeness (QED) is 0.499. The van der Waals surface area contributed by atoms with Gasteiger partial charge in [0.1, 0.15) is 0 Å². The molecule has 0 saturated heterocycles. The van der Waals surface area contributed by atoms with Crippen molar-refractivity contribution in [2.45, 2.75) is 118 Å². The van der Waals surface area contributed by atoms with E-state index in [1.807, 2.05) is 0 Å². The molecule has 0 amide bonds. The summed E-state index contributed by atoms with van der Waals surface area (Å²) < 4.78 is 0. The molecule has 1 N–H and O–H groups in total. The van der Waals surface area contributed by atoms with Crippen LogP contribution >= 0.6 is 0 Å². The highest BCUT2D eigenvalue weighted by molar-refractivity contribution is 5.10. The summed E-state index contributed by atoms with van der Waals surface area (Å²) in [7, 11) is 0. The number of hydrogen-bond acceptors (Lipinski definition) is 1. The molecule has 4 fully saturated rings. The average Bonchev–Trinajstić information content (AvgIpc) is 3.00. The molecule has 4 rings (SSSR count). The summed E-state index contributed by atoms with van der Waals surface area (Å²) in [6, 6.07) is 0. The summed E-state index contributed by atoms with van der Waals surface area (Å²) in [5, 5.41) is 10.5. The number of aliphatic hydroxyl groups is 1. The maximum atomic E-state index is 10.5. The van der Waals surface area contributed by atoms with Crippen LogP contribution in [-0.2, 0) is 0 Å². The van der Waals surface area contributed by atoms with Gasteiger partial charge in [-0.1, -0.05) is 60.8 Å². The zero-order valence-electron chi connectivity index (χ0n) is 20.4. The first kappa shape index (κ1) is 22.2. The molecule has 0 spiro atoms. The van der Waals surface area contributed by atoms with Crippen LogP contribution in [0.1, 0.15) is 112 Å². The minimum atomic E-state index is -0.0407. The van der Waals surface area contributed by atoms with Crippen molar-refractivity contribution in [3.63, 3.8) is 0 Å². The van der Waals surface area contributed by atoms with Crippen molar-refractivity contribution < 1.29 is 5.11 Å². The van der Waals surface area contributed by atoms with Gasteiger partial charge in [0.25, 0.3) is 0 Å². The van der Waals surface area contributed by atoms with Crippen LogP contribution in [0.15, 0.2) is 0 Å². The van der Waals surface area contributed by atoms with Crippen molar-refractivity contribution in [1.82, 2.24) is 0 Å². The van der Waals surface area contributed by atoms with E-state index in [-0.39, 0.29) is 6.10 Å². The fraction of sp³-hybridized carbons (Fsp3) is 1.00. The second-order valence-corrected chi connectivity index (χ2v) is 13.2. The van der Waals surface area contributed by atoms with Crippen LogP contribution in [0.5, 0.6) is 0 Å². The zero-order chi connectivity index (χ0) is 21.0. The molecule has 0 heterocycles. The van der Waals surface area contributed by atoms with E-state index in [0.29, 0.717) is 16.7 Å². The van der Waals surface area contributed by atoms with Crippen molar-refractivity contribution >= 4 is 0 Å². The molecule has 0 aliphatic heterocycles. The third-order valence-electron chi connectivity index (χ3n) is 11.2. The molecule has 1 heteroatoms. The molecule has 0 unspecified atom stereocenters. The Hall–Kier alpha value is -0.0400. The lowest BCUT2D eigenvalue weighted by molar-refractivity contribution is -0.142. The number of fused-ring (bicyclic) bond motifs is 5.